The molecule has 2 aromatic carbocycles. The fraction of sp³-hybridized carbons (Fsp3) is 0.167. The second-order valence-corrected chi connectivity index (χ2v) is 7.33. The summed E-state index contributed by atoms with van der Waals surface area (Å²) in [5.41, 5.74) is 3.01. The molecular formula is C18H17N3OS2. The summed E-state index contributed by atoms with van der Waals surface area (Å²) >= 11 is 2.87. The zero-order valence-electron chi connectivity index (χ0n) is 13.2. The van der Waals surface area contributed by atoms with Crippen LogP contribution in [0.4, 0.5) is 10.8 Å². The van der Waals surface area contributed by atoms with Crippen molar-refractivity contribution in [3.8, 4) is 0 Å². The molecular weight excluding hydrogens is 338 g/mol. The van der Waals surface area contributed by atoms with Gasteiger partial charge in [-0.25, -0.2) is 0 Å². The first-order valence-electron chi connectivity index (χ1n) is 7.65. The number of aromatic nitrogens is 2. The van der Waals surface area contributed by atoms with Gasteiger partial charge in [0, 0.05) is 11.3 Å². The quantitative estimate of drug-likeness (QED) is 0.486. The van der Waals surface area contributed by atoms with Crippen LogP contribution in [0.25, 0.3) is 0 Å². The molecule has 0 spiro atoms. The third-order valence-electron chi connectivity index (χ3n) is 3.44. The molecule has 0 aliphatic rings. The SMILES string of the molecule is CCc1ccc(Nc2nnc(SCC(=O)c3ccccc3)s2)cc1. The number of carbonyl (C=O) groups excluding carboxylic acids is 1. The van der Waals surface area contributed by atoms with Gasteiger partial charge >= 0.3 is 0 Å². The monoisotopic (exact) mass is 355 g/mol. The number of Topliss-reactive ketones (excluding diaryl/α,β-unsaturated/α-hetero) is 1. The highest BCUT2D eigenvalue weighted by Gasteiger charge is 2.10. The average molecular weight is 355 g/mol. The highest BCUT2D eigenvalue weighted by molar-refractivity contribution is 8.01. The molecule has 6 heteroatoms. The van der Waals surface area contributed by atoms with Gasteiger partial charge in [-0.1, -0.05) is 72.5 Å². The maximum Gasteiger partial charge on any atom is 0.210 e. The Labute approximate surface area is 149 Å². The Bertz CT molecular complexity index is 801. The van der Waals surface area contributed by atoms with Gasteiger partial charge in [-0.05, 0) is 24.1 Å². The van der Waals surface area contributed by atoms with Crippen molar-refractivity contribution in [3.05, 3.63) is 65.7 Å². The van der Waals surface area contributed by atoms with Crippen molar-refractivity contribution in [1.29, 1.82) is 0 Å². The van der Waals surface area contributed by atoms with Crippen LogP contribution in [0.2, 0.25) is 0 Å². The van der Waals surface area contributed by atoms with Crippen LogP contribution in [0.3, 0.4) is 0 Å². The minimum Gasteiger partial charge on any atom is -0.330 e. The second kappa shape index (κ2) is 8.08. The van der Waals surface area contributed by atoms with Gasteiger partial charge in [0.15, 0.2) is 10.1 Å². The van der Waals surface area contributed by atoms with Gasteiger partial charge in [0.2, 0.25) is 5.13 Å². The Kier molecular flexibility index (Phi) is 5.61. The lowest BCUT2D eigenvalue weighted by Crippen LogP contribution is -2.01. The maximum atomic E-state index is 12.1. The molecule has 4 nitrogen and oxygen atoms in total. The van der Waals surface area contributed by atoms with Crippen LogP contribution in [0.5, 0.6) is 0 Å². The van der Waals surface area contributed by atoms with Crippen LogP contribution in [0.1, 0.15) is 22.8 Å². The molecule has 24 heavy (non-hydrogen) atoms. The molecule has 1 aromatic heterocycles. The number of nitrogens with zero attached hydrogens (tertiary/aromatic N) is 2. The van der Waals surface area contributed by atoms with E-state index in [1.165, 1.54) is 28.7 Å². The first kappa shape index (κ1) is 16.7. The molecule has 0 fully saturated rings. The topological polar surface area (TPSA) is 54.9 Å². The normalized spacial score (nSPS) is 10.5. The van der Waals surface area contributed by atoms with Gasteiger partial charge < -0.3 is 5.32 Å². The number of hydrogen-bond acceptors (Lipinski definition) is 6. The Balaban J connectivity index is 1.56. The summed E-state index contributed by atoms with van der Waals surface area (Å²) in [5, 5.41) is 12.2. The van der Waals surface area contributed by atoms with Gasteiger partial charge in [-0.15, -0.1) is 10.2 Å². The second-order valence-electron chi connectivity index (χ2n) is 5.13. The third-order valence-corrected chi connectivity index (χ3v) is 5.41. The van der Waals surface area contributed by atoms with Crippen LogP contribution in [0.15, 0.2) is 58.9 Å². The Morgan fingerprint density at radius 3 is 2.54 bits per heavy atom. The third kappa shape index (κ3) is 4.43. The van der Waals surface area contributed by atoms with Crippen LogP contribution in [-0.4, -0.2) is 21.7 Å². The molecule has 0 saturated carbocycles. The van der Waals surface area contributed by atoms with E-state index in [-0.39, 0.29) is 5.78 Å². The number of ketones is 1. The molecule has 0 unspecified atom stereocenters. The molecule has 0 atom stereocenters. The summed E-state index contributed by atoms with van der Waals surface area (Å²) in [6.07, 6.45) is 1.02. The number of benzene rings is 2. The minimum absolute atomic E-state index is 0.0977. The zero-order valence-corrected chi connectivity index (χ0v) is 14.9. The fourth-order valence-electron chi connectivity index (χ4n) is 2.10. The van der Waals surface area contributed by atoms with Gasteiger partial charge in [0.25, 0.3) is 0 Å². The zero-order chi connectivity index (χ0) is 16.8. The summed E-state index contributed by atoms with van der Waals surface area (Å²) in [6, 6.07) is 17.6. The van der Waals surface area contributed by atoms with Crippen molar-refractivity contribution in [2.75, 3.05) is 11.1 Å². The number of carbonyl (C=O) groups is 1. The molecule has 1 N–H and O–H groups in total. The molecule has 3 aromatic rings. The number of thioether (sulfide) groups is 1. The summed E-state index contributed by atoms with van der Waals surface area (Å²) < 4.78 is 0.784. The number of anilines is 2. The van der Waals surface area contributed by atoms with Crippen LogP contribution < -0.4 is 5.32 Å². The Morgan fingerprint density at radius 1 is 1.08 bits per heavy atom. The highest BCUT2D eigenvalue weighted by Crippen LogP contribution is 2.28. The molecule has 0 amide bonds. The van der Waals surface area contributed by atoms with Gasteiger partial charge in [-0.3, -0.25) is 4.79 Å². The molecule has 0 bridgehead atoms. The van der Waals surface area contributed by atoms with E-state index in [2.05, 4.69) is 34.6 Å². The smallest absolute Gasteiger partial charge is 0.210 e. The van der Waals surface area contributed by atoms with Crippen LogP contribution >= 0.6 is 23.1 Å². The van der Waals surface area contributed by atoms with Crippen molar-refractivity contribution in [2.24, 2.45) is 0 Å². The van der Waals surface area contributed by atoms with E-state index in [4.69, 9.17) is 0 Å². The van der Waals surface area contributed by atoms with Crippen LogP contribution in [0, 0.1) is 0 Å². The predicted molar refractivity (Wildman–Crippen MR) is 101 cm³/mol. The first-order chi connectivity index (χ1) is 11.7. The lowest BCUT2D eigenvalue weighted by molar-refractivity contribution is 0.102. The average Bonchev–Trinajstić information content (AvgIpc) is 3.08. The van der Waals surface area contributed by atoms with E-state index in [1.54, 1.807) is 0 Å². The number of aryl methyl sites for hydroxylation is 1. The summed E-state index contributed by atoms with van der Waals surface area (Å²) in [5.74, 6) is 0.463. The summed E-state index contributed by atoms with van der Waals surface area (Å²) in [7, 11) is 0. The lowest BCUT2D eigenvalue weighted by Gasteiger charge is -2.02. The highest BCUT2D eigenvalue weighted by atomic mass is 32.2. The van der Waals surface area contributed by atoms with Gasteiger partial charge in [-0.2, -0.15) is 0 Å². The summed E-state index contributed by atoms with van der Waals surface area (Å²) in [6.45, 7) is 2.13. The number of hydrogen-bond donors (Lipinski definition) is 1. The van der Waals surface area contributed by atoms with E-state index in [0.717, 1.165) is 27.1 Å². The van der Waals surface area contributed by atoms with E-state index >= 15 is 0 Å². The number of nitrogens with one attached hydrogen (secondary N) is 1. The molecule has 3 rings (SSSR count). The molecule has 0 aliphatic heterocycles. The van der Waals surface area contributed by atoms with Crippen molar-refractivity contribution in [3.63, 3.8) is 0 Å². The molecule has 0 saturated heterocycles. The molecule has 1 heterocycles. The predicted octanol–water partition coefficient (Wildman–Crippen LogP) is 4.82. The fourth-order valence-corrected chi connectivity index (χ4v) is 3.77. The van der Waals surface area contributed by atoms with E-state index in [9.17, 15) is 4.79 Å². The van der Waals surface area contributed by atoms with Gasteiger partial charge in [0.05, 0.1) is 5.75 Å². The molecule has 0 aliphatic carbocycles. The largest absolute Gasteiger partial charge is 0.330 e. The summed E-state index contributed by atoms with van der Waals surface area (Å²) in [4.78, 5) is 12.1. The maximum absolute atomic E-state index is 12.1. The molecule has 0 radical (unpaired) electrons. The Morgan fingerprint density at radius 2 is 1.83 bits per heavy atom. The van der Waals surface area contributed by atoms with Crippen molar-refractivity contribution in [1.82, 2.24) is 10.2 Å². The lowest BCUT2D eigenvalue weighted by atomic mass is 10.1. The van der Waals surface area contributed by atoms with Crippen molar-refractivity contribution >= 4 is 39.7 Å². The van der Waals surface area contributed by atoms with E-state index in [1.807, 2.05) is 42.5 Å². The first-order valence-corrected chi connectivity index (χ1v) is 9.45. The van der Waals surface area contributed by atoms with E-state index in [0.29, 0.717) is 5.75 Å². The standard InChI is InChI=1S/C18H17N3OS2/c1-2-13-8-10-15(11-9-13)19-17-20-21-18(24-17)23-12-16(22)14-6-4-3-5-7-14/h3-11H,2,12H2,1H3,(H,19,20). The van der Waals surface area contributed by atoms with Crippen molar-refractivity contribution < 1.29 is 4.79 Å². The van der Waals surface area contributed by atoms with Gasteiger partial charge in [0.1, 0.15) is 0 Å². The number of rotatable bonds is 7. The Hall–Kier alpha value is -2.18. The van der Waals surface area contributed by atoms with E-state index < -0.39 is 0 Å². The molecule has 122 valence electrons. The minimum atomic E-state index is 0.0977. The van der Waals surface area contributed by atoms with Crippen molar-refractivity contribution in [2.45, 2.75) is 17.7 Å². The van der Waals surface area contributed by atoms with Crippen LogP contribution in [-0.2, 0) is 6.42 Å².